The summed E-state index contributed by atoms with van der Waals surface area (Å²) in [5, 5.41) is 21.4. The van der Waals surface area contributed by atoms with Crippen molar-refractivity contribution >= 4 is 29.0 Å². The second-order valence-electron chi connectivity index (χ2n) is 5.04. The van der Waals surface area contributed by atoms with Crippen LogP contribution in [0.15, 0.2) is 27.8 Å². The average molecular weight is 352 g/mol. The molecule has 1 aromatic heterocycles. The lowest BCUT2D eigenvalue weighted by atomic mass is 10.2. The number of benzene rings is 1. The molecule has 1 aromatic carbocycles. The van der Waals surface area contributed by atoms with Crippen molar-refractivity contribution in [2.24, 2.45) is 0 Å². The van der Waals surface area contributed by atoms with Gasteiger partial charge in [0.2, 0.25) is 11.8 Å². The number of carbonyl (C=O) groups excluding carboxylic acids is 1. The fourth-order valence-corrected chi connectivity index (χ4v) is 2.29. The lowest BCUT2D eigenvalue weighted by molar-refractivity contribution is -0.384. The Kier molecular flexibility index (Phi) is 5.74. The Morgan fingerprint density at radius 3 is 2.79 bits per heavy atom. The Bertz CT molecular complexity index is 747. The summed E-state index contributed by atoms with van der Waals surface area (Å²) in [5.74, 6) is 0.568. The Hall–Kier alpha value is -2.62. The maximum absolute atomic E-state index is 12.0. The van der Waals surface area contributed by atoms with Gasteiger partial charge in [0.05, 0.1) is 29.5 Å². The van der Waals surface area contributed by atoms with Crippen LogP contribution in [-0.2, 0) is 4.79 Å². The smallest absolute Gasteiger partial charge is 0.277 e. The number of nitrogens with zero attached hydrogens (tertiary/aromatic N) is 3. The highest BCUT2D eigenvalue weighted by molar-refractivity contribution is 7.99. The van der Waals surface area contributed by atoms with E-state index in [9.17, 15) is 14.9 Å². The number of carbonyl (C=O) groups is 1. The SMILES string of the molecule is COc1cc([N+](=O)[O-])ccc1NC(=O)CSc1nnc(C(C)C)o1. The Labute approximate surface area is 141 Å². The van der Waals surface area contributed by atoms with E-state index in [0.717, 1.165) is 11.8 Å². The normalized spacial score (nSPS) is 10.7. The van der Waals surface area contributed by atoms with Crippen molar-refractivity contribution < 1.29 is 18.9 Å². The molecule has 0 unspecified atom stereocenters. The maximum atomic E-state index is 12.0. The van der Waals surface area contributed by atoms with Gasteiger partial charge in [0.1, 0.15) is 5.75 Å². The molecule has 0 atom stereocenters. The van der Waals surface area contributed by atoms with E-state index in [1.165, 1.54) is 25.3 Å². The minimum Gasteiger partial charge on any atom is -0.494 e. The number of amides is 1. The first-order chi connectivity index (χ1) is 11.4. The summed E-state index contributed by atoms with van der Waals surface area (Å²) in [7, 11) is 1.37. The highest BCUT2D eigenvalue weighted by Crippen LogP contribution is 2.29. The summed E-state index contributed by atoms with van der Waals surface area (Å²) in [4.78, 5) is 22.2. The first-order valence-electron chi connectivity index (χ1n) is 6.99. The number of ether oxygens (including phenoxy) is 1. The summed E-state index contributed by atoms with van der Waals surface area (Å²) >= 11 is 1.11. The summed E-state index contributed by atoms with van der Waals surface area (Å²) in [5.41, 5.74) is 0.230. The number of nitro groups is 1. The number of nitro benzene ring substituents is 1. The molecule has 0 spiro atoms. The molecule has 9 nitrogen and oxygen atoms in total. The molecule has 0 aliphatic heterocycles. The van der Waals surface area contributed by atoms with Gasteiger partial charge in [-0.3, -0.25) is 14.9 Å². The van der Waals surface area contributed by atoms with Gasteiger partial charge in [-0.05, 0) is 6.07 Å². The van der Waals surface area contributed by atoms with Gasteiger partial charge in [-0.25, -0.2) is 0 Å². The largest absolute Gasteiger partial charge is 0.494 e. The molecular weight excluding hydrogens is 336 g/mol. The van der Waals surface area contributed by atoms with Crippen LogP contribution < -0.4 is 10.1 Å². The van der Waals surface area contributed by atoms with E-state index in [1.807, 2.05) is 13.8 Å². The number of thioether (sulfide) groups is 1. The molecule has 0 saturated heterocycles. The molecule has 128 valence electrons. The van der Waals surface area contributed by atoms with E-state index in [-0.39, 0.29) is 29.0 Å². The van der Waals surface area contributed by atoms with Crippen LogP contribution in [0.5, 0.6) is 5.75 Å². The number of rotatable bonds is 7. The Morgan fingerprint density at radius 2 is 2.21 bits per heavy atom. The van der Waals surface area contributed by atoms with Crippen molar-refractivity contribution in [2.45, 2.75) is 25.0 Å². The summed E-state index contributed by atoms with van der Waals surface area (Å²) in [6, 6.07) is 3.96. The van der Waals surface area contributed by atoms with Crippen molar-refractivity contribution in [3.05, 3.63) is 34.2 Å². The Balaban J connectivity index is 1.97. The zero-order chi connectivity index (χ0) is 17.7. The molecule has 24 heavy (non-hydrogen) atoms. The summed E-state index contributed by atoms with van der Waals surface area (Å²) in [6.07, 6.45) is 0. The number of aromatic nitrogens is 2. The van der Waals surface area contributed by atoms with Gasteiger partial charge in [-0.1, -0.05) is 25.6 Å². The van der Waals surface area contributed by atoms with Crippen LogP contribution in [0, 0.1) is 10.1 Å². The minimum absolute atomic E-state index is 0.0554. The highest BCUT2D eigenvalue weighted by atomic mass is 32.2. The molecule has 1 heterocycles. The quantitative estimate of drug-likeness (QED) is 0.459. The molecule has 0 radical (unpaired) electrons. The van der Waals surface area contributed by atoms with Gasteiger partial charge < -0.3 is 14.5 Å². The van der Waals surface area contributed by atoms with Crippen LogP contribution >= 0.6 is 11.8 Å². The third-order valence-corrected chi connectivity index (χ3v) is 3.73. The summed E-state index contributed by atoms with van der Waals surface area (Å²) < 4.78 is 10.5. The maximum Gasteiger partial charge on any atom is 0.277 e. The van der Waals surface area contributed by atoms with Crippen molar-refractivity contribution in [3.63, 3.8) is 0 Å². The topological polar surface area (TPSA) is 120 Å². The second kappa shape index (κ2) is 7.77. The lowest BCUT2D eigenvalue weighted by Gasteiger charge is -2.09. The van der Waals surface area contributed by atoms with Crippen molar-refractivity contribution in [3.8, 4) is 5.75 Å². The number of non-ortho nitro benzene ring substituents is 1. The molecule has 10 heteroatoms. The third kappa shape index (κ3) is 4.44. The predicted molar refractivity (Wildman–Crippen MR) is 87.4 cm³/mol. The molecule has 1 N–H and O–H groups in total. The second-order valence-corrected chi connectivity index (χ2v) is 5.97. The van der Waals surface area contributed by atoms with Gasteiger partial charge >= 0.3 is 0 Å². The van der Waals surface area contributed by atoms with Gasteiger partial charge in [-0.15, -0.1) is 10.2 Å². The van der Waals surface area contributed by atoms with Crippen LogP contribution in [-0.4, -0.2) is 33.9 Å². The molecule has 2 aromatic rings. The van der Waals surface area contributed by atoms with Gasteiger partial charge in [0, 0.05) is 12.0 Å². The number of methoxy groups -OCH3 is 1. The molecule has 2 rings (SSSR count). The molecule has 0 saturated carbocycles. The van der Waals surface area contributed by atoms with E-state index in [0.29, 0.717) is 16.8 Å². The lowest BCUT2D eigenvalue weighted by Crippen LogP contribution is -2.14. The number of hydrogen-bond acceptors (Lipinski definition) is 8. The van der Waals surface area contributed by atoms with Crippen LogP contribution in [0.1, 0.15) is 25.7 Å². The first kappa shape index (κ1) is 17.7. The fraction of sp³-hybridized carbons (Fsp3) is 0.357. The minimum atomic E-state index is -0.536. The first-order valence-corrected chi connectivity index (χ1v) is 7.97. The Morgan fingerprint density at radius 1 is 1.46 bits per heavy atom. The number of nitrogens with one attached hydrogen (secondary N) is 1. The van der Waals surface area contributed by atoms with Crippen molar-refractivity contribution in [1.29, 1.82) is 0 Å². The van der Waals surface area contributed by atoms with E-state index < -0.39 is 4.92 Å². The molecule has 0 bridgehead atoms. The van der Waals surface area contributed by atoms with E-state index in [1.54, 1.807) is 0 Å². The average Bonchev–Trinajstić information content (AvgIpc) is 3.02. The van der Waals surface area contributed by atoms with Crippen LogP contribution in [0.2, 0.25) is 0 Å². The van der Waals surface area contributed by atoms with Crippen molar-refractivity contribution in [1.82, 2.24) is 10.2 Å². The van der Waals surface area contributed by atoms with E-state index >= 15 is 0 Å². The molecule has 0 aliphatic carbocycles. The predicted octanol–water partition coefficient (Wildman–Crippen LogP) is 2.84. The van der Waals surface area contributed by atoms with Gasteiger partial charge in [0.15, 0.2) is 0 Å². The molecule has 0 aliphatic rings. The molecule has 0 fully saturated rings. The van der Waals surface area contributed by atoms with Gasteiger partial charge in [0.25, 0.3) is 10.9 Å². The molecular formula is C14H16N4O5S. The third-order valence-electron chi connectivity index (χ3n) is 2.91. The monoisotopic (exact) mass is 352 g/mol. The van der Waals surface area contributed by atoms with Crippen LogP contribution in [0.3, 0.4) is 0 Å². The standard InChI is InChI=1S/C14H16N4O5S/c1-8(2)13-16-17-14(23-13)24-7-12(19)15-10-5-4-9(18(20)21)6-11(10)22-3/h4-6,8H,7H2,1-3H3,(H,15,19). The fourth-order valence-electron chi connectivity index (χ4n) is 1.72. The number of anilines is 1. The summed E-state index contributed by atoms with van der Waals surface area (Å²) in [6.45, 7) is 3.85. The van der Waals surface area contributed by atoms with Gasteiger partial charge in [-0.2, -0.15) is 0 Å². The number of hydrogen-bond donors (Lipinski definition) is 1. The highest BCUT2D eigenvalue weighted by Gasteiger charge is 2.15. The van der Waals surface area contributed by atoms with Crippen LogP contribution in [0.25, 0.3) is 0 Å². The zero-order valence-electron chi connectivity index (χ0n) is 13.3. The van der Waals surface area contributed by atoms with E-state index in [4.69, 9.17) is 9.15 Å². The zero-order valence-corrected chi connectivity index (χ0v) is 14.1. The van der Waals surface area contributed by atoms with E-state index in [2.05, 4.69) is 15.5 Å². The van der Waals surface area contributed by atoms with Crippen molar-refractivity contribution in [2.75, 3.05) is 18.2 Å². The molecule has 1 amide bonds. The van der Waals surface area contributed by atoms with Crippen LogP contribution in [0.4, 0.5) is 11.4 Å².